The Hall–Kier alpha value is -0.610. The third-order valence-electron chi connectivity index (χ3n) is 2.32. The molecule has 4 heteroatoms. The predicted octanol–water partition coefficient (Wildman–Crippen LogP) is -0.514. The van der Waals surface area contributed by atoms with Crippen LogP contribution in [0.2, 0.25) is 0 Å². The van der Waals surface area contributed by atoms with Gasteiger partial charge < -0.3 is 15.8 Å². The summed E-state index contributed by atoms with van der Waals surface area (Å²) in [5.41, 5.74) is 5.73. The van der Waals surface area contributed by atoms with Crippen molar-refractivity contribution >= 4 is 5.91 Å². The summed E-state index contributed by atoms with van der Waals surface area (Å²) in [5.74, 6) is 0.223. The molecular weight excluding hydrogens is 156 g/mol. The number of nitrogens with two attached hydrogens (primary N) is 1. The summed E-state index contributed by atoms with van der Waals surface area (Å²) in [7, 11) is 1.61. The third kappa shape index (κ3) is 2.19. The molecule has 1 amide bonds. The van der Waals surface area contributed by atoms with E-state index in [1.54, 1.807) is 7.05 Å². The van der Waals surface area contributed by atoms with Gasteiger partial charge in [-0.05, 0) is 18.8 Å². The highest BCUT2D eigenvalue weighted by Gasteiger charge is 2.25. The second-order valence-corrected chi connectivity index (χ2v) is 3.09. The van der Waals surface area contributed by atoms with E-state index in [4.69, 9.17) is 10.5 Å². The van der Waals surface area contributed by atoms with Crippen LogP contribution in [-0.4, -0.2) is 32.2 Å². The van der Waals surface area contributed by atoms with Crippen LogP contribution in [0.25, 0.3) is 0 Å². The minimum absolute atomic E-state index is 0.0677. The largest absolute Gasteiger partial charge is 0.381 e. The second kappa shape index (κ2) is 4.42. The Labute approximate surface area is 72.5 Å². The molecule has 1 aliphatic rings. The van der Waals surface area contributed by atoms with Gasteiger partial charge in [-0.25, -0.2) is 0 Å². The van der Waals surface area contributed by atoms with Crippen molar-refractivity contribution in [2.45, 2.75) is 18.9 Å². The highest BCUT2D eigenvalue weighted by atomic mass is 16.5. The molecule has 0 aliphatic carbocycles. The first-order chi connectivity index (χ1) is 5.75. The van der Waals surface area contributed by atoms with Gasteiger partial charge in [0.25, 0.3) is 0 Å². The van der Waals surface area contributed by atoms with Gasteiger partial charge in [0.2, 0.25) is 5.91 Å². The molecule has 0 aromatic heterocycles. The summed E-state index contributed by atoms with van der Waals surface area (Å²) in [6.07, 6.45) is 1.79. The van der Waals surface area contributed by atoms with E-state index in [9.17, 15) is 4.79 Å². The summed E-state index contributed by atoms with van der Waals surface area (Å²) in [5, 5.41) is 2.56. The number of ether oxygens (including phenoxy) is 1. The molecule has 1 atom stereocenters. The Kier molecular flexibility index (Phi) is 3.49. The van der Waals surface area contributed by atoms with Gasteiger partial charge in [-0.2, -0.15) is 0 Å². The molecule has 0 aromatic rings. The van der Waals surface area contributed by atoms with Gasteiger partial charge in [0.15, 0.2) is 0 Å². The summed E-state index contributed by atoms with van der Waals surface area (Å²) in [6, 6.07) is -0.362. The molecular formula is C8H16N2O2. The topological polar surface area (TPSA) is 64.4 Å². The number of hydrogen-bond acceptors (Lipinski definition) is 3. The standard InChI is InChI=1S/C8H16N2O2/c1-10-8(11)7(9)6-2-4-12-5-3-6/h6-7H,2-5,9H2,1H3,(H,10,11)/t7-/m0/s1. The molecule has 1 saturated heterocycles. The van der Waals surface area contributed by atoms with Gasteiger partial charge >= 0.3 is 0 Å². The first kappa shape index (κ1) is 9.48. The van der Waals surface area contributed by atoms with Crippen molar-refractivity contribution in [2.24, 2.45) is 11.7 Å². The summed E-state index contributed by atoms with van der Waals surface area (Å²) < 4.78 is 5.18. The van der Waals surface area contributed by atoms with E-state index in [2.05, 4.69) is 5.32 Å². The van der Waals surface area contributed by atoms with Crippen molar-refractivity contribution in [3.05, 3.63) is 0 Å². The lowest BCUT2D eigenvalue weighted by atomic mass is 9.92. The summed E-state index contributed by atoms with van der Waals surface area (Å²) in [6.45, 7) is 1.46. The minimum atomic E-state index is -0.362. The number of hydrogen-bond donors (Lipinski definition) is 2. The fraction of sp³-hybridized carbons (Fsp3) is 0.875. The highest BCUT2D eigenvalue weighted by molar-refractivity contribution is 5.81. The lowest BCUT2D eigenvalue weighted by Crippen LogP contribution is -2.45. The lowest BCUT2D eigenvalue weighted by molar-refractivity contribution is -0.123. The van der Waals surface area contributed by atoms with Crippen LogP contribution < -0.4 is 11.1 Å². The van der Waals surface area contributed by atoms with Crippen LogP contribution in [0.4, 0.5) is 0 Å². The fourth-order valence-electron chi connectivity index (χ4n) is 1.46. The van der Waals surface area contributed by atoms with Crippen LogP contribution in [-0.2, 0) is 9.53 Å². The Morgan fingerprint density at radius 3 is 2.67 bits per heavy atom. The number of carbonyl (C=O) groups excluding carboxylic acids is 1. The number of carbonyl (C=O) groups is 1. The molecule has 0 radical (unpaired) electrons. The first-order valence-electron chi connectivity index (χ1n) is 4.30. The average Bonchev–Trinajstić information content (AvgIpc) is 2.17. The zero-order valence-corrected chi connectivity index (χ0v) is 7.38. The molecule has 4 nitrogen and oxygen atoms in total. The molecule has 0 unspecified atom stereocenters. The van der Waals surface area contributed by atoms with Crippen molar-refractivity contribution in [3.8, 4) is 0 Å². The maximum absolute atomic E-state index is 11.1. The second-order valence-electron chi connectivity index (χ2n) is 3.09. The molecule has 0 bridgehead atoms. The van der Waals surface area contributed by atoms with E-state index in [1.165, 1.54) is 0 Å². The van der Waals surface area contributed by atoms with Crippen molar-refractivity contribution in [2.75, 3.05) is 20.3 Å². The van der Waals surface area contributed by atoms with Crippen molar-refractivity contribution in [3.63, 3.8) is 0 Å². The van der Waals surface area contributed by atoms with Crippen LogP contribution in [0.3, 0.4) is 0 Å². The van der Waals surface area contributed by atoms with E-state index in [0.29, 0.717) is 5.92 Å². The molecule has 1 aliphatic heterocycles. The molecule has 1 heterocycles. The Morgan fingerprint density at radius 2 is 2.17 bits per heavy atom. The fourth-order valence-corrected chi connectivity index (χ4v) is 1.46. The third-order valence-corrected chi connectivity index (χ3v) is 2.32. The molecule has 0 saturated carbocycles. The lowest BCUT2D eigenvalue weighted by Gasteiger charge is -2.26. The molecule has 1 rings (SSSR count). The quantitative estimate of drug-likeness (QED) is 0.589. The Morgan fingerprint density at radius 1 is 1.58 bits per heavy atom. The van der Waals surface area contributed by atoms with Crippen LogP contribution >= 0.6 is 0 Å². The first-order valence-corrected chi connectivity index (χ1v) is 4.30. The highest BCUT2D eigenvalue weighted by Crippen LogP contribution is 2.17. The van der Waals surface area contributed by atoms with Crippen LogP contribution in [0.1, 0.15) is 12.8 Å². The maximum atomic E-state index is 11.1. The van der Waals surface area contributed by atoms with Crippen molar-refractivity contribution in [1.29, 1.82) is 0 Å². The van der Waals surface area contributed by atoms with Crippen molar-refractivity contribution < 1.29 is 9.53 Å². The number of nitrogens with one attached hydrogen (secondary N) is 1. The predicted molar refractivity (Wildman–Crippen MR) is 45.6 cm³/mol. The van der Waals surface area contributed by atoms with Gasteiger partial charge in [-0.1, -0.05) is 0 Å². The number of amides is 1. The smallest absolute Gasteiger partial charge is 0.236 e. The molecule has 70 valence electrons. The van der Waals surface area contributed by atoms with Gasteiger partial charge in [-0.15, -0.1) is 0 Å². The monoisotopic (exact) mass is 172 g/mol. The summed E-state index contributed by atoms with van der Waals surface area (Å²) >= 11 is 0. The van der Waals surface area contributed by atoms with Crippen LogP contribution in [0, 0.1) is 5.92 Å². The van der Waals surface area contributed by atoms with E-state index < -0.39 is 0 Å². The molecule has 3 N–H and O–H groups in total. The SMILES string of the molecule is CNC(=O)[C@@H](N)C1CCOCC1. The Bertz CT molecular complexity index is 155. The Balaban J connectivity index is 2.39. The molecule has 0 spiro atoms. The van der Waals surface area contributed by atoms with E-state index in [1.807, 2.05) is 0 Å². The zero-order valence-electron chi connectivity index (χ0n) is 7.38. The average molecular weight is 172 g/mol. The maximum Gasteiger partial charge on any atom is 0.236 e. The van der Waals surface area contributed by atoms with E-state index >= 15 is 0 Å². The molecule has 0 aromatic carbocycles. The molecule has 12 heavy (non-hydrogen) atoms. The molecule has 1 fully saturated rings. The summed E-state index contributed by atoms with van der Waals surface area (Å²) in [4.78, 5) is 11.1. The van der Waals surface area contributed by atoms with Crippen LogP contribution in [0.15, 0.2) is 0 Å². The van der Waals surface area contributed by atoms with Gasteiger partial charge in [0.1, 0.15) is 0 Å². The van der Waals surface area contributed by atoms with Crippen LogP contribution in [0.5, 0.6) is 0 Å². The van der Waals surface area contributed by atoms with Gasteiger partial charge in [0.05, 0.1) is 6.04 Å². The normalized spacial score (nSPS) is 21.8. The minimum Gasteiger partial charge on any atom is -0.381 e. The van der Waals surface area contributed by atoms with Gasteiger partial charge in [0, 0.05) is 20.3 Å². The zero-order chi connectivity index (χ0) is 8.97. The van der Waals surface area contributed by atoms with E-state index in [0.717, 1.165) is 26.1 Å². The van der Waals surface area contributed by atoms with Crippen molar-refractivity contribution in [1.82, 2.24) is 5.32 Å². The van der Waals surface area contributed by atoms with E-state index in [-0.39, 0.29) is 11.9 Å². The van der Waals surface area contributed by atoms with Gasteiger partial charge in [-0.3, -0.25) is 4.79 Å². The number of likely N-dealkylation sites (N-methyl/N-ethyl adjacent to an activating group) is 1. The number of rotatable bonds is 2.